The summed E-state index contributed by atoms with van der Waals surface area (Å²) in [5.41, 5.74) is -2.33. The van der Waals surface area contributed by atoms with Crippen LogP contribution in [0.25, 0.3) is 0 Å². The minimum atomic E-state index is -3.34. The van der Waals surface area contributed by atoms with E-state index in [9.17, 15) is 18.4 Å². The molecular weight excluding hydrogens is 280 g/mol. The standard InChI is InChI=1S/C15H21F2NO3/c1-4-12(19)14(21-13(20)18(5-2)6-3)10-7-8-11(9-10)15(14,16)17/h7-8,10-11H,4-6,9H2,1-3H3/t10-,11+,14-/m1/s1. The molecule has 1 saturated carbocycles. The maximum atomic E-state index is 14.7. The molecule has 0 saturated heterocycles. The molecule has 2 aliphatic carbocycles. The Morgan fingerprint density at radius 1 is 1.19 bits per heavy atom. The molecule has 0 aromatic heterocycles. The molecule has 1 amide bonds. The Labute approximate surface area is 123 Å². The van der Waals surface area contributed by atoms with Crippen molar-refractivity contribution in [3.63, 3.8) is 0 Å². The molecule has 1 fully saturated rings. The van der Waals surface area contributed by atoms with E-state index in [-0.39, 0.29) is 12.8 Å². The van der Waals surface area contributed by atoms with E-state index in [1.165, 1.54) is 17.9 Å². The first-order chi connectivity index (χ1) is 9.84. The van der Waals surface area contributed by atoms with Gasteiger partial charge in [0, 0.05) is 31.3 Å². The van der Waals surface area contributed by atoms with Crippen LogP contribution in [0.15, 0.2) is 12.2 Å². The van der Waals surface area contributed by atoms with Gasteiger partial charge in [0.2, 0.25) is 5.60 Å². The predicted molar refractivity (Wildman–Crippen MR) is 73.1 cm³/mol. The molecule has 0 radical (unpaired) electrons. The summed E-state index contributed by atoms with van der Waals surface area (Å²) in [5, 5.41) is 0. The van der Waals surface area contributed by atoms with E-state index in [0.717, 1.165) is 0 Å². The molecule has 2 aliphatic rings. The van der Waals surface area contributed by atoms with Crippen LogP contribution in [0.4, 0.5) is 13.6 Å². The molecule has 0 aromatic rings. The number of alkyl halides is 2. The van der Waals surface area contributed by atoms with Crippen LogP contribution in [0, 0.1) is 11.8 Å². The molecule has 4 nitrogen and oxygen atoms in total. The summed E-state index contributed by atoms with van der Waals surface area (Å²) >= 11 is 0. The fourth-order valence-corrected chi connectivity index (χ4v) is 3.33. The maximum absolute atomic E-state index is 14.7. The van der Waals surface area contributed by atoms with Crippen LogP contribution in [0.2, 0.25) is 0 Å². The molecule has 0 unspecified atom stereocenters. The van der Waals surface area contributed by atoms with Gasteiger partial charge in [0.15, 0.2) is 5.78 Å². The van der Waals surface area contributed by atoms with Crippen LogP contribution < -0.4 is 0 Å². The molecule has 0 N–H and O–H groups in total. The highest BCUT2D eigenvalue weighted by Crippen LogP contribution is 2.58. The van der Waals surface area contributed by atoms with Gasteiger partial charge in [-0.05, 0) is 20.3 Å². The second kappa shape index (κ2) is 5.39. The van der Waals surface area contributed by atoms with Gasteiger partial charge >= 0.3 is 12.0 Å². The number of Topliss-reactive ketones (excluding diaryl/α,β-unsaturated/α-hetero) is 1. The van der Waals surface area contributed by atoms with Crippen molar-refractivity contribution in [1.82, 2.24) is 4.90 Å². The predicted octanol–water partition coefficient (Wildman–Crippen LogP) is 3.02. The second-order valence-corrected chi connectivity index (χ2v) is 5.51. The van der Waals surface area contributed by atoms with E-state index in [4.69, 9.17) is 4.74 Å². The summed E-state index contributed by atoms with van der Waals surface area (Å²) in [5.74, 6) is -5.81. The Bertz CT molecular complexity index is 474. The number of rotatable bonds is 5. The van der Waals surface area contributed by atoms with E-state index in [1.807, 2.05) is 0 Å². The average molecular weight is 301 g/mol. The highest BCUT2D eigenvalue weighted by molar-refractivity contribution is 5.92. The van der Waals surface area contributed by atoms with Crippen molar-refractivity contribution in [2.75, 3.05) is 13.1 Å². The Morgan fingerprint density at radius 2 is 1.76 bits per heavy atom. The normalized spacial score (nSPS) is 32.2. The van der Waals surface area contributed by atoms with E-state index in [1.54, 1.807) is 19.9 Å². The largest absolute Gasteiger partial charge is 0.428 e. The van der Waals surface area contributed by atoms with Crippen molar-refractivity contribution in [3.8, 4) is 0 Å². The molecule has 0 aliphatic heterocycles. The van der Waals surface area contributed by atoms with Crippen molar-refractivity contribution in [3.05, 3.63) is 12.2 Å². The van der Waals surface area contributed by atoms with E-state index in [2.05, 4.69) is 0 Å². The van der Waals surface area contributed by atoms with E-state index >= 15 is 0 Å². The third-order valence-corrected chi connectivity index (χ3v) is 4.57. The first kappa shape index (κ1) is 15.9. The number of amides is 1. The fourth-order valence-electron chi connectivity index (χ4n) is 3.33. The van der Waals surface area contributed by atoms with Crippen molar-refractivity contribution in [2.24, 2.45) is 11.8 Å². The van der Waals surface area contributed by atoms with Gasteiger partial charge < -0.3 is 9.64 Å². The lowest BCUT2D eigenvalue weighted by atomic mass is 9.80. The molecule has 0 spiro atoms. The molecule has 0 heterocycles. The van der Waals surface area contributed by atoms with Crippen molar-refractivity contribution in [1.29, 1.82) is 0 Å². The molecule has 118 valence electrons. The smallest absolute Gasteiger partial charge is 0.410 e. The van der Waals surface area contributed by atoms with Gasteiger partial charge in [0.05, 0.1) is 0 Å². The van der Waals surface area contributed by atoms with Crippen LogP contribution in [-0.4, -0.2) is 41.4 Å². The number of carbonyl (C=O) groups is 2. The first-order valence-electron chi connectivity index (χ1n) is 7.42. The van der Waals surface area contributed by atoms with Crippen LogP contribution in [-0.2, 0) is 9.53 Å². The van der Waals surface area contributed by atoms with Crippen LogP contribution in [0.3, 0.4) is 0 Å². The second-order valence-electron chi connectivity index (χ2n) is 5.51. The van der Waals surface area contributed by atoms with Gasteiger partial charge in [-0.2, -0.15) is 0 Å². The number of hydrogen-bond acceptors (Lipinski definition) is 3. The van der Waals surface area contributed by atoms with Gasteiger partial charge in [-0.25, -0.2) is 13.6 Å². The van der Waals surface area contributed by atoms with Crippen LogP contribution in [0.5, 0.6) is 0 Å². The zero-order valence-electron chi connectivity index (χ0n) is 12.6. The third kappa shape index (κ3) is 2.07. The van der Waals surface area contributed by atoms with Crippen LogP contribution >= 0.6 is 0 Å². The number of ether oxygens (including phenoxy) is 1. The molecule has 2 bridgehead atoms. The molecule has 2 rings (SSSR count). The quantitative estimate of drug-likeness (QED) is 0.733. The number of nitrogens with zero attached hydrogens (tertiary/aromatic N) is 1. The monoisotopic (exact) mass is 301 g/mol. The van der Waals surface area contributed by atoms with Gasteiger partial charge in [-0.3, -0.25) is 4.79 Å². The first-order valence-corrected chi connectivity index (χ1v) is 7.42. The summed E-state index contributed by atoms with van der Waals surface area (Å²) in [6, 6.07) is 0. The zero-order valence-corrected chi connectivity index (χ0v) is 12.6. The Hall–Kier alpha value is -1.46. The number of fused-ring (bicyclic) bond motifs is 2. The minimum Gasteiger partial charge on any atom is -0.428 e. The van der Waals surface area contributed by atoms with Gasteiger partial charge in [-0.15, -0.1) is 0 Å². The maximum Gasteiger partial charge on any atom is 0.410 e. The van der Waals surface area contributed by atoms with Gasteiger partial charge in [-0.1, -0.05) is 19.1 Å². The molecular formula is C15H21F2NO3. The number of allylic oxidation sites excluding steroid dienone is 1. The SMILES string of the molecule is CCC(=O)[C@]1(OC(=O)N(CC)CC)[C@@H]2C=C[C@@H](C2)C1(F)F. The van der Waals surface area contributed by atoms with Crippen molar-refractivity contribution < 1.29 is 23.1 Å². The number of carbonyl (C=O) groups excluding carboxylic acids is 2. The average Bonchev–Trinajstić information content (AvgIpc) is 3.01. The highest BCUT2D eigenvalue weighted by atomic mass is 19.3. The lowest BCUT2D eigenvalue weighted by Crippen LogP contribution is -2.60. The van der Waals surface area contributed by atoms with Crippen LogP contribution in [0.1, 0.15) is 33.6 Å². The minimum absolute atomic E-state index is 0.0851. The highest BCUT2D eigenvalue weighted by Gasteiger charge is 2.74. The summed E-state index contributed by atoms with van der Waals surface area (Å²) in [6.45, 7) is 5.68. The Morgan fingerprint density at radius 3 is 2.19 bits per heavy atom. The zero-order chi connectivity index (χ0) is 15.8. The topological polar surface area (TPSA) is 46.6 Å². The van der Waals surface area contributed by atoms with E-state index in [0.29, 0.717) is 13.1 Å². The summed E-state index contributed by atoms with van der Waals surface area (Å²) in [4.78, 5) is 25.7. The molecule has 0 aromatic carbocycles. The Kier molecular flexibility index (Phi) is 4.08. The third-order valence-electron chi connectivity index (χ3n) is 4.57. The lowest BCUT2D eigenvalue weighted by molar-refractivity contribution is -0.195. The van der Waals surface area contributed by atoms with Crippen molar-refractivity contribution >= 4 is 11.9 Å². The summed E-state index contributed by atoms with van der Waals surface area (Å²) < 4.78 is 34.5. The molecule has 6 heteroatoms. The lowest BCUT2D eigenvalue weighted by Gasteiger charge is -2.40. The fraction of sp³-hybridized carbons (Fsp3) is 0.733. The van der Waals surface area contributed by atoms with Gasteiger partial charge in [0.25, 0.3) is 0 Å². The Balaban J connectivity index is 2.39. The van der Waals surface area contributed by atoms with Gasteiger partial charge in [0.1, 0.15) is 0 Å². The number of hydrogen-bond donors (Lipinski definition) is 0. The number of ketones is 1. The summed E-state index contributed by atoms with van der Waals surface area (Å²) in [6.07, 6.45) is 2.24. The molecule has 3 atom stereocenters. The van der Waals surface area contributed by atoms with Crippen molar-refractivity contribution in [2.45, 2.75) is 45.1 Å². The summed E-state index contributed by atoms with van der Waals surface area (Å²) in [7, 11) is 0. The van der Waals surface area contributed by atoms with E-state index < -0.39 is 35.2 Å². The number of halogens is 2. The molecule has 21 heavy (non-hydrogen) atoms.